The predicted octanol–water partition coefficient (Wildman–Crippen LogP) is 4.29. The van der Waals surface area contributed by atoms with Crippen LogP contribution in [0.1, 0.15) is 39.2 Å². The van der Waals surface area contributed by atoms with Gasteiger partial charge in [-0.2, -0.15) is 8.78 Å². The van der Waals surface area contributed by atoms with Crippen molar-refractivity contribution in [3.05, 3.63) is 36.3 Å². The van der Waals surface area contributed by atoms with Crippen molar-refractivity contribution in [2.24, 2.45) is 5.92 Å². The summed E-state index contributed by atoms with van der Waals surface area (Å²) in [6.07, 6.45) is 1.50. The van der Waals surface area contributed by atoms with E-state index in [4.69, 9.17) is 0 Å². The molecule has 0 amide bonds. The normalized spacial score (nSPS) is 21.3. The molecule has 25 heavy (non-hydrogen) atoms. The number of aromatic nitrogens is 1. The van der Waals surface area contributed by atoms with Crippen molar-refractivity contribution in [3.63, 3.8) is 0 Å². The van der Waals surface area contributed by atoms with Crippen LogP contribution in [-0.2, 0) is 6.54 Å². The molecule has 1 heterocycles. The molecule has 2 unspecified atom stereocenters. The van der Waals surface area contributed by atoms with E-state index in [2.05, 4.69) is 26.9 Å². The molecule has 2 rings (SSSR count). The molecule has 8 heteroatoms. The Morgan fingerprint density at radius 2 is 2.12 bits per heavy atom. The summed E-state index contributed by atoms with van der Waals surface area (Å²) < 4.78 is 55.4. The number of pyridine rings is 1. The lowest BCUT2D eigenvalue weighted by atomic mass is 10.1. The van der Waals surface area contributed by atoms with Gasteiger partial charge in [-0.1, -0.05) is 27.4 Å². The minimum atomic E-state index is -2.94. The van der Waals surface area contributed by atoms with Gasteiger partial charge in [-0.15, -0.1) is 0 Å². The monoisotopic (exact) mass is 363 g/mol. The van der Waals surface area contributed by atoms with E-state index in [1.54, 1.807) is 6.07 Å². The zero-order valence-corrected chi connectivity index (χ0v) is 14.7. The number of rotatable bonds is 7. The van der Waals surface area contributed by atoms with Gasteiger partial charge in [0.25, 0.3) is 5.92 Å². The first-order valence-corrected chi connectivity index (χ1v) is 8.23. The highest BCUT2D eigenvalue weighted by Gasteiger charge is 2.46. The van der Waals surface area contributed by atoms with E-state index in [0.29, 0.717) is 17.8 Å². The summed E-state index contributed by atoms with van der Waals surface area (Å²) in [6, 6.07) is 2.66. The Morgan fingerprint density at radius 3 is 2.68 bits per heavy atom. The zero-order valence-electron chi connectivity index (χ0n) is 14.7. The summed E-state index contributed by atoms with van der Waals surface area (Å²) >= 11 is 0. The molecule has 2 N–H and O–H groups in total. The molecular formula is C17H25F4N3O. The van der Waals surface area contributed by atoms with Crippen molar-refractivity contribution in [2.45, 2.75) is 58.7 Å². The third-order valence-corrected chi connectivity index (χ3v) is 3.77. The van der Waals surface area contributed by atoms with Gasteiger partial charge in [-0.05, 0) is 18.1 Å². The molecule has 0 saturated heterocycles. The smallest absolute Gasteiger partial charge is 0.388 e. The molecule has 0 radical (unpaired) electrons. The second-order valence-corrected chi connectivity index (χ2v) is 5.66. The number of ether oxygens (including phenoxy) is 1. The minimum Gasteiger partial charge on any atom is -0.417 e. The Morgan fingerprint density at radius 1 is 1.44 bits per heavy atom. The number of alkyl halides is 4. The van der Waals surface area contributed by atoms with Crippen LogP contribution in [0.3, 0.4) is 0 Å². The Hall–Kier alpha value is -1.99. The van der Waals surface area contributed by atoms with Crippen LogP contribution in [0.5, 0.6) is 5.88 Å². The van der Waals surface area contributed by atoms with Gasteiger partial charge in [0, 0.05) is 37.2 Å². The number of nitrogens with one attached hydrogen (secondary N) is 2. The van der Waals surface area contributed by atoms with Crippen LogP contribution >= 0.6 is 0 Å². The molecule has 4 nitrogen and oxygen atoms in total. The van der Waals surface area contributed by atoms with E-state index in [-0.39, 0.29) is 24.9 Å². The van der Waals surface area contributed by atoms with Crippen molar-refractivity contribution in [2.75, 3.05) is 0 Å². The molecule has 1 aliphatic rings. The number of nitrogens with zero attached hydrogens (tertiary/aromatic N) is 1. The van der Waals surface area contributed by atoms with Crippen LogP contribution in [0, 0.1) is 5.92 Å². The van der Waals surface area contributed by atoms with Crippen LogP contribution in [-0.4, -0.2) is 23.6 Å². The van der Waals surface area contributed by atoms with Gasteiger partial charge in [0.05, 0.1) is 5.82 Å². The van der Waals surface area contributed by atoms with Crippen LogP contribution in [0.4, 0.5) is 17.6 Å². The van der Waals surface area contributed by atoms with Crippen LogP contribution < -0.4 is 15.4 Å². The molecule has 2 atom stereocenters. The molecular weight excluding hydrogens is 338 g/mol. The maximum atomic E-state index is 13.5. The fraction of sp³-hybridized carbons (Fsp3) is 0.588. The summed E-state index contributed by atoms with van der Waals surface area (Å²) in [5, 5.41) is 5.86. The fourth-order valence-corrected chi connectivity index (χ4v) is 2.54. The standard InChI is InChI=1S/C15H19F4N3O.C2H6/c1-9-5-12(7-15(9,18)19)22-10(2)21-8-11-3-4-20-13(6-11)23-14(16)17;1-2/h3-4,6,9,12,14,21-22H,2,5,7-8H2,1H3;1-2H3. The van der Waals surface area contributed by atoms with E-state index < -0.39 is 18.5 Å². The third-order valence-electron chi connectivity index (χ3n) is 3.77. The predicted molar refractivity (Wildman–Crippen MR) is 88.5 cm³/mol. The Balaban J connectivity index is 0.00000151. The lowest BCUT2D eigenvalue weighted by molar-refractivity contribution is -0.0529. The van der Waals surface area contributed by atoms with E-state index in [0.717, 1.165) is 0 Å². The molecule has 0 aliphatic heterocycles. The largest absolute Gasteiger partial charge is 0.417 e. The molecule has 1 aliphatic carbocycles. The fourth-order valence-electron chi connectivity index (χ4n) is 2.54. The van der Waals surface area contributed by atoms with Gasteiger partial charge >= 0.3 is 6.61 Å². The average Bonchev–Trinajstić information content (AvgIpc) is 2.79. The van der Waals surface area contributed by atoms with Gasteiger partial charge in [0.15, 0.2) is 0 Å². The van der Waals surface area contributed by atoms with Crippen molar-refractivity contribution in [1.82, 2.24) is 15.6 Å². The molecule has 1 fully saturated rings. The molecule has 1 aromatic heterocycles. The lowest BCUT2D eigenvalue weighted by Gasteiger charge is -2.18. The quantitative estimate of drug-likeness (QED) is 0.710. The first-order chi connectivity index (χ1) is 11.8. The van der Waals surface area contributed by atoms with Gasteiger partial charge in [0.1, 0.15) is 0 Å². The van der Waals surface area contributed by atoms with E-state index in [9.17, 15) is 17.6 Å². The number of hydrogen-bond donors (Lipinski definition) is 2. The number of halogens is 4. The first kappa shape index (κ1) is 21.1. The van der Waals surface area contributed by atoms with Gasteiger partial charge in [-0.25, -0.2) is 13.8 Å². The van der Waals surface area contributed by atoms with Gasteiger partial charge in [-0.3, -0.25) is 0 Å². The second-order valence-electron chi connectivity index (χ2n) is 5.66. The Labute approximate surface area is 145 Å². The highest BCUT2D eigenvalue weighted by atomic mass is 19.3. The summed E-state index contributed by atoms with van der Waals surface area (Å²) in [4.78, 5) is 3.66. The Kier molecular flexibility index (Phi) is 7.99. The molecule has 142 valence electrons. The highest BCUT2D eigenvalue weighted by Crippen LogP contribution is 2.40. The minimum absolute atomic E-state index is 0.179. The Bertz CT molecular complexity index is 554. The van der Waals surface area contributed by atoms with E-state index in [1.807, 2.05) is 13.8 Å². The molecule has 0 aromatic carbocycles. The lowest BCUT2D eigenvalue weighted by Crippen LogP contribution is -2.33. The number of hydrogen-bond acceptors (Lipinski definition) is 4. The zero-order chi connectivity index (χ0) is 19.0. The molecule has 1 saturated carbocycles. The van der Waals surface area contributed by atoms with E-state index >= 15 is 0 Å². The topological polar surface area (TPSA) is 46.2 Å². The van der Waals surface area contributed by atoms with Crippen molar-refractivity contribution in [3.8, 4) is 5.88 Å². The highest BCUT2D eigenvalue weighted by molar-refractivity contribution is 5.21. The maximum absolute atomic E-state index is 13.5. The maximum Gasteiger partial charge on any atom is 0.388 e. The third kappa shape index (κ3) is 6.80. The van der Waals surface area contributed by atoms with E-state index in [1.165, 1.54) is 19.2 Å². The first-order valence-electron chi connectivity index (χ1n) is 8.23. The van der Waals surface area contributed by atoms with Crippen molar-refractivity contribution in [1.29, 1.82) is 0 Å². The summed E-state index contributed by atoms with van der Waals surface area (Å²) in [5.41, 5.74) is 0.656. The second kappa shape index (κ2) is 9.48. The van der Waals surface area contributed by atoms with Crippen LogP contribution in [0.2, 0.25) is 0 Å². The molecule has 1 aromatic rings. The van der Waals surface area contributed by atoms with Crippen molar-refractivity contribution >= 4 is 0 Å². The summed E-state index contributed by atoms with van der Waals surface area (Å²) in [7, 11) is 0. The van der Waals surface area contributed by atoms with Crippen LogP contribution in [0.25, 0.3) is 0 Å². The van der Waals surface area contributed by atoms with Gasteiger partial charge in [0.2, 0.25) is 5.88 Å². The summed E-state index contributed by atoms with van der Waals surface area (Å²) in [5.74, 6) is -3.10. The molecule has 0 spiro atoms. The SMILES string of the molecule is C=C(NCc1ccnc(OC(F)F)c1)NC1CC(C)C(F)(F)C1.CC. The van der Waals surface area contributed by atoms with Crippen LogP contribution in [0.15, 0.2) is 30.7 Å². The molecule has 0 bridgehead atoms. The summed E-state index contributed by atoms with van der Waals surface area (Å²) in [6.45, 7) is 6.62. The van der Waals surface area contributed by atoms with Gasteiger partial charge < -0.3 is 15.4 Å². The van der Waals surface area contributed by atoms with Crippen molar-refractivity contribution < 1.29 is 22.3 Å². The average molecular weight is 363 g/mol.